The molecule has 0 saturated heterocycles. The Balaban J connectivity index is 5.39. The first-order valence-corrected chi connectivity index (χ1v) is 23.3. The highest BCUT2D eigenvalue weighted by molar-refractivity contribution is 5.78. The Morgan fingerprint density at radius 3 is 1.15 bits per heavy atom. The first kappa shape index (κ1) is 53.5. The van der Waals surface area contributed by atoms with Crippen molar-refractivity contribution in [2.75, 3.05) is 6.54 Å². The second-order valence-corrected chi connectivity index (χ2v) is 16.6. The molecule has 0 saturated carbocycles. The zero-order valence-electron chi connectivity index (χ0n) is 36.8. The lowest BCUT2D eigenvalue weighted by Crippen LogP contribution is -2.58. The summed E-state index contributed by atoms with van der Waals surface area (Å²) in [5, 5.41) is 33.8. The maximum absolute atomic E-state index is 13.2. The highest BCUT2D eigenvalue weighted by atomic mass is 17.0. The van der Waals surface area contributed by atoms with E-state index in [1.807, 2.05) is 6.92 Å². The molecule has 0 rings (SSSR count). The molecule has 10 heteroatoms. The molecule has 7 N–H and O–H groups in total. The molecule has 0 heterocycles. The van der Waals surface area contributed by atoms with E-state index in [9.17, 15) is 20.1 Å². The standard InChI is InChI=1S/C45H92N4O6/c1-6-9-11-13-15-17-19-21-23-25-27-29-31-34-41(39(4)50)54-49(45(36-8-3,43(52)53)37-33-38-48-44(46)47)55-42(40(5)51)35-32-30-28-26-24-22-20-18-16-14-12-10-7-2/h39-42,50-51H,6-38H2,1-5H3,(H,52,53)(H4,46,47,48)/t39?,40?,41?,42?,45-/m0/s1. The molecule has 0 aromatic carbocycles. The van der Waals surface area contributed by atoms with Gasteiger partial charge in [-0.1, -0.05) is 194 Å². The molecule has 4 unspecified atom stereocenters. The number of guanidine groups is 1. The van der Waals surface area contributed by atoms with Gasteiger partial charge in [-0.25, -0.2) is 0 Å². The van der Waals surface area contributed by atoms with Crippen LogP contribution in [0.25, 0.3) is 0 Å². The predicted molar refractivity (Wildman–Crippen MR) is 231 cm³/mol. The molecule has 0 bridgehead atoms. The van der Waals surface area contributed by atoms with Crippen LogP contribution in [-0.4, -0.2) is 69.0 Å². The highest BCUT2D eigenvalue weighted by Gasteiger charge is 2.48. The molecular weight excluding hydrogens is 693 g/mol. The Hall–Kier alpha value is -1.46. The van der Waals surface area contributed by atoms with Gasteiger partial charge in [0, 0.05) is 6.54 Å². The lowest BCUT2D eigenvalue weighted by molar-refractivity contribution is -0.448. The van der Waals surface area contributed by atoms with E-state index >= 15 is 0 Å². The van der Waals surface area contributed by atoms with Gasteiger partial charge in [-0.3, -0.25) is 19.5 Å². The lowest BCUT2D eigenvalue weighted by Gasteiger charge is -2.42. The number of aliphatic imine (C=N–C) groups is 1. The first-order valence-electron chi connectivity index (χ1n) is 23.3. The maximum Gasteiger partial charge on any atom is 0.329 e. The minimum absolute atomic E-state index is 0.0419. The Bertz CT molecular complexity index is 843. The monoisotopic (exact) mass is 785 g/mol. The molecule has 0 fully saturated rings. The minimum atomic E-state index is -1.56. The van der Waals surface area contributed by atoms with Crippen molar-refractivity contribution in [3.8, 4) is 0 Å². The number of carbonyl (C=O) groups is 1. The van der Waals surface area contributed by atoms with E-state index in [1.165, 1.54) is 128 Å². The Morgan fingerprint density at radius 1 is 0.545 bits per heavy atom. The number of nitrogens with zero attached hydrogens (tertiary/aromatic N) is 2. The van der Waals surface area contributed by atoms with Crippen LogP contribution in [0.2, 0.25) is 0 Å². The van der Waals surface area contributed by atoms with Gasteiger partial charge in [0.2, 0.25) is 0 Å². The summed E-state index contributed by atoms with van der Waals surface area (Å²) in [6.07, 6.45) is 31.9. The molecular formula is C45H92N4O6. The summed E-state index contributed by atoms with van der Waals surface area (Å²) < 4.78 is 0. The summed E-state index contributed by atoms with van der Waals surface area (Å²) >= 11 is 0. The largest absolute Gasteiger partial charge is 0.480 e. The molecule has 55 heavy (non-hydrogen) atoms. The summed E-state index contributed by atoms with van der Waals surface area (Å²) in [6.45, 7) is 10.1. The normalized spacial score (nSPS) is 15.1. The van der Waals surface area contributed by atoms with E-state index in [4.69, 9.17) is 21.1 Å². The Kier molecular flexibility index (Phi) is 35.9. The van der Waals surface area contributed by atoms with Crippen LogP contribution < -0.4 is 11.5 Å². The number of nitrogens with two attached hydrogens (primary N) is 2. The molecule has 328 valence electrons. The minimum Gasteiger partial charge on any atom is -0.480 e. The number of hydrogen-bond donors (Lipinski definition) is 5. The van der Waals surface area contributed by atoms with Crippen molar-refractivity contribution in [3.05, 3.63) is 0 Å². The number of hydrogen-bond acceptors (Lipinski definition) is 7. The van der Waals surface area contributed by atoms with Gasteiger partial charge < -0.3 is 26.8 Å². The van der Waals surface area contributed by atoms with E-state index in [1.54, 1.807) is 13.8 Å². The van der Waals surface area contributed by atoms with Crippen LogP contribution >= 0.6 is 0 Å². The van der Waals surface area contributed by atoms with Gasteiger partial charge in [0.1, 0.15) is 12.2 Å². The third-order valence-corrected chi connectivity index (χ3v) is 11.2. The van der Waals surface area contributed by atoms with Crippen LogP contribution in [0, 0.1) is 0 Å². The molecule has 0 spiro atoms. The Labute approximate surface area is 339 Å². The highest BCUT2D eigenvalue weighted by Crippen LogP contribution is 2.33. The molecule has 0 aliphatic heterocycles. The molecule has 0 aliphatic rings. The molecule has 0 aliphatic carbocycles. The number of rotatable bonds is 42. The van der Waals surface area contributed by atoms with Crippen LogP contribution in [0.5, 0.6) is 0 Å². The van der Waals surface area contributed by atoms with Gasteiger partial charge in [0.15, 0.2) is 11.5 Å². The van der Waals surface area contributed by atoms with Crippen LogP contribution in [0.4, 0.5) is 0 Å². The van der Waals surface area contributed by atoms with Crippen LogP contribution in [0.1, 0.15) is 240 Å². The van der Waals surface area contributed by atoms with Crippen LogP contribution in [-0.2, 0) is 14.5 Å². The number of hydroxylamine groups is 2. The van der Waals surface area contributed by atoms with Gasteiger partial charge >= 0.3 is 5.97 Å². The van der Waals surface area contributed by atoms with E-state index in [-0.39, 0.29) is 25.3 Å². The Morgan fingerprint density at radius 2 is 0.873 bits per heavy atom. The molecule has 0 aromatic rings. The fraction of sp³-hybridized carbons (Fsp3) is 0.956. The zero-order chi connectivity index (χ0) is 41.0. The zero-order valence-corrected chi connectivity index (χ0v) is 36.8. The number of unbranched alkanes of at least 4 members (excludes halogenated alkanes) is 24. The number of carboxylic acids is 1. The molecule has 0 radical (unpaired) electrons. The second-order valence-electron chi connectivity index (χ2n) is 16.6. The van der Waals surface area contributed by atoms with Gasteiger partial charge in [0.25, 0.3) is 0 Å². The number of aliphatic hydroxyl groups excluding tert-OH is 2. The molecule has 0 amide bonds. The third-order valence-electron chi connectivity index (χ3n) is 11.2. The molecule has 5 atom stereocenters. The van der Waals surface area contributed by atoms with E-state index in [0.29, 0.717) is 25.7 Å². The quantitative estimate of drug-likeness (QED) is 0.0175. The van der Waals surface area contributed by atoms with E-state index < -0.39 is 35.9 Å². The fourth-order valence-corrected chi connectivity index (χ4v) is 7.56. The topological polar surface area (TPSA) is 164 Å². The van der Waals surface area contributed by atoms with Crippen molar-refractivity contribution in [2.24, 2.45) is 16.5 Å². The van der Waals surface area contributed by atoms with Crippen molar-refractivity contribution in [3.63, 3.8) is 0 Å². The second kappa shape index (κ2) is 36.9. The summed E-state index contributed by atoms with van der Waals surface area (Å²) in [7, 11) is 0. The number of aliphatic carboxylic acids is 1. The number of aliphatic hydroxyl groups is 2. The van der Waals surface area contributed by atoms with E-state index in [0.717, 1.165) is 43.8 Å². The summed E-state index contributed by atoms with van der Waals surface area (Å²) in [6, 6.07) is 0. The van der Waals surface area contributed by atoms with Crippen molar-refractivity contribution < 1.29 is 29.8 Å². The number of carboxylic acid groups (broad SMARTS) is 1. The third kappa shape index (κ3) is 28.6. The summed E-state index contributed by atoms with van der Waals surface area (Å²) in [5.74, 6) is -1.12. The smallest absolute Gasteiger partial charge is 0.329 e. The average molecular weight is 785 g/mol. The van der Waals surface area contributed by atoms with Gasteiger partial charge in [-0.2, -0.15) is 0 Å². The average Bonchev–Trinajstić information content (AvgIpc) is 3.14. The first-order chi connectivity index (χ1) is 26.5. The van der Waals surface area contributed by atoms with Crippen LogP contribution in [0.15, 0.2) is 4.99 Å². The fourth-order valence-electron chi connectivity index (χ4n) is 7.56. The van der Waals surface area contributed by atoms with Crippen molar-refractivity contribution in [2.45, 2.75) is 270 Å². The van der Waals surface area contributed by atoms with Crippen LogP contribution in [0.3, 0.4) is 0 Å². The van der Waals surface area contributed by atoms with Gasteiger partial charge in [-0.05, 0) is 51.2 Å². The van der Waals surface area contributed by atoms with Crippen molar-refractivity contribution >= 4 is 11.9 Å². The van der Waals surface area contributed by atoms with Gasteiger partial charge in [0.05, 0.1) is 12.2 Å². The molecule has 10 nitrogen and oxygen atoms in total. The molecule has 0 aromatic heterocycles. The lowest BCUT2D eigenvalue weighted by atomic mass is 9.89. The van der Waals surface area contributed by atoms with Gasteiger partial charge in [-0.15, -0.1) is 0 Å². The van der Waals surface area contributed by atoms with Crippen molar-refractivity contribution in [1.29, 1.82) is 0 Å². The predicted octanol–water partition coefficient (Wildman–Crippen LogP) is 11.3. The SMILES string of the molecule is CCCCCCCCCCCCCCCC(ON(OC(CCCCCCCCCCCCCCC)C(C)O)[C@@](CCC)(CCCN=C(N)N)C(=O)O)C(C)O. The van der Waals surface area contributed by atoms with Crippen molar-refractivity contribution in [1.82, 2.24) is 5.23 Å². The van der Waals surface area contributed by atoms with E-state index in [2.05, 4.69) is 18.8 Å². The summed E-state index contributed by atoms with van der Waals surface area (Å²) in [5.41, 5.74) is 9.56. The maximum atomic E-state index is 13.2. The summed E-state index contributed by atoms with van der Waals surface area (Å²) in [4.78, 5) is 30.2.